The summed E-state index contributed by atoms with van der Waals surface area (Å²) in [6.07, 6.45) is 3.21. The van der Waals surface area contributed by atoms with Gasteiger partial charge in [-0.05, 0) is 39.2 Å². The number of rotatable bonds is 3. The van der Waals surface area contributed by atoms with Crippen molar-refractivity contribution in [2.45, 2.75) is 12.5 Å². The topological polar surface area (TPSA) is 0 Å². The van der Waals surface area contributed by atoms with Crippen molar-refractivity contribution in [2.75, 3.05) is 0 Å². The molecule has 0 fully saturated rings. The first kappa shape index (κ1) is 14.2. The van der Waals surface area contributed by atoms with E-state index in [1.807, 2.05) is 6.08 Å². The Morgan fingerprint density at radius 3 is 2.17 bits per heavy atom. The van der Waals surface area contributed by atoms with Crippen LogP contribution < -0.4 is 15.6 Å². The fourth-order valence-electron chi connectivity index (χ4n) is 4.13. The molecule has 1 unspecified atom stereocenters. The van der Waals surface area contributed by atoms with Crippen molar-refractivity contribution in [1.82, 2.24) is 0 Å². The fraction of sp³-hybridized carbons (Fsp3) is 0.0909. The smallest absolute Gasteiger partial charge is 0.0985 e. The van der Waals surface area contributed by atoms with Crippen LogP contribution in [0.3, 0.4) is 0 Å². The zero-order valence-corrected chi connectivity index (χ0v) is 14.2. The SMILES string of the molecule is C=Cc1ccccc1[Si]1(c2ccccc2)CCc2ccccc21. The quantitative estimate of drug-likeness (QED) is 0.651. The molecule has 0 bridgehead atoms. The van der Waals surface area contributed by atoms with Gasteiger partial charge in [-0.25, -0.2) is 0 Å². The summed E-state index contributed by atoms with van der Waals surface area (Å²) in [5.41, 5.74) is 2.82. The summed E-state index contributed by atoms with van der Waals surface area (Å²) in [7, 11) is -1.94. The van der Waals surface area contributed by atoms with E-state index in [1.165, 1.54) is 34.0 Å². The van der Waals surface area contributed by atoms with Gasteiger partial charge in [0.15, 0.2) is 0 Å². The zero-order valence-electron chi connectivity index (χ0n) is 13.2. The van der Waals surface area contributed by atoms with Crippen molar-refractivity contribution in [2.24, 2.45) is 0 Å². The van der Waals surface area contributed by atoms with Gasteiger partial charge in [-0.15, -0.1) is 0 Å². The lowest BCUT2D eigenvalue weighted by atomic mass is 10.2. The van der Waals surface area contributed by atoms with Crippen LogP contribution in [0.5, 0.6) is 0 Å². The molecule has 112 valence electrons. The van der Waals surface area contributed by atoms with E-state index in [0.717, 1.165) is 0 Å². The van der Waals surface area contributed by atoms with Crippen LogP contribution in [0, 0.1) is 0 Å². The Morgan fingerprint density at radius 2 is 1.39 bits per heavy atom. The van der Waals surface area contributed by atoms with Crippen LogP contribution in [0.15, 0.2) is 85.4 Å². The standard InChI is InChI=1S/C22H20Si/c1-2-18-10-6-8-14-21(18)23(20-12-4-3-5-13-20)17-16-19-11-7-9-15-22(19)23/h2-15H,1,16-17H2. The van der Waals surface area contributed by atoms with Crippen molar-refractivity contribution in [3.63, 3.8) is 0 Å². The van der Waals surface area contributed by atoms with Crippen LogP contribution in [0.25, 0.3) is 6.08 Å². The molecule has 4 rings (SSSR count). The average molecular weight is 312 g/mol. The molecule has 0 nitrogen and oxygen atoms in total. The van der Waals surface area contributed by atoms with Gasteiger partial charge in [0.1, 0.15) is 8.07 Å². The third-order valence-electron chi connectivity index (χ3n) is 5.15. The second kappa shape index (κ2) is 5.67. The summed E-state index contributed by atoms with van der Waals surface area (Å²) < 4.78 is 0. The predicted octanol–water partition coefficient (Wildman–Crippen LogP) is 3.36. The molecule has 23 heavy (non-hydrogen) atoms. The summed E-state index contributed by atoms with van der Waals surface area (Å²) >= 11 is 0. The van der Waals surface area contributed by atoms with Gasteiger partial charge in [0.05, 0.1) is 0 Å². The van der Waals surface area contributed by atoms with Crippen molar-refractivity contribution in [1.29, 1.82) is 0 Å². The van der Waals surface area contributed by atoms with Gasteiger partial charge in [0.2, 0.25) is 0 Å². The largest absolute Gasteiger partial charge is 0.149 e. The molecule has 3 aromatic carbocycles. The Bertz CT molecular complexity index is 851. The van der Waals surface area contributed by atoms with E-state index in [2.05, 4.69) is 85.4 Å². The molecule has 1 heterocycles. The number of aryl methyl sites for hydroxylation is 1. The Hall–Kier alpha value is -2.38. The lowest BCUT2D eigenvalue weighted by molar-refractivity contribution is 1.16. The second-order valence-corrected chi connectivity index (χ2v) is 10.2. The maximum absolute atomic E-state index is 4.07. The minimum Gasteiger partial charge on any atom is -0.0985 e. The molecule has 0 N–H and O–H groups in total. The molecule has 0 aliphatic carbocycles. The molecule has 1 aliphatic heterocycles. The Kier molecular flexibility index (Phi) is 3.51. The summed E-state index contributed by atoms with van der Waals surface area (Å²) in [4.78, 5) is 0. The third kappa shape index (κ3) is 2.12. The zero-order chi connectivity index (χ0) is 15.7. The monoisotopic (exact) mass is 312 g/mol. The second-order valence-electron chi connectivity index (χ2n) is 6.22. The van der Waals surface area contributed by atoms with E-state index < -0.39 is 8.07 Å². The highest BCUT2D eigenvalue weighted by atomic mass is 28.3. The van der Waals surface area contributed by atoms with E-state index in [4.69, 9.17) is 0 Å². The maximum Gasteiger partial charge on any atom is 0.149 e. The Balaban J connectivity index is 2.07. The van der Waals surface area contributed by atoms with Gasteiger partial charge in [-0.3, -0.25) is 0 Å². The van der Waals surface area contributed by atoms with Crippen molar-refractivity contribution < 1.29 is 0 Å². The van der Waals surface area contributed by atoms with Crippen LogP contribution in [0.4, 0.5) is 0 Å². The van der Waals surface area contributed by atoms with E-state index in [1.54, 1.807) is 5.19 Å². The summed E-state index contributed by atoms with van der Waals surface area (Å²) in [5.74, 6) is 0. The molecule has 0 aromatic heterocycles. The Labute approximate surface area is 139 Å². The number of fused-ring (bicyclic) bond motifs is 1. The van der Waals surface area contributed by atoms with E-state index >= 15 is 0 Å². The van der Waals surface area contributed by atoms with E-state index in [0.29, 0.717) is 0 Å². The first-order chi connectivity index (χ1) is 11.4. The van der Waals surface area contributed by atoms with Crippen molar-refractivity contribution in [3.05, 3.63) is 96.6 Å². The molecule has 0 saturated carbocycles. The minimum absolute atomic E-state index is 1.18. The molecule has 1 atom stereocenters. The minimum atomic E-state index is -1.94. The molecule has 1 heteroatoms. The summed E-state index contributed by atoms with van der Waals surface area (Å²) in [6.45, 7) is 4.07. The lowest BCUT2D eigenvalue weighted by Gasteiger charge is -2.31. The fourth-order valence-corrected chi connectivity index (χ4v) is 9.47. The number of benzene rings is 3. The highest BCUT2D eigenvalue weighted by molar-refractivity contribution is 7.12. The van der Waals surface area contributed by atoms with Crippen LogP contribution in [-0.4, -0.2) is 8.07 Å². The molecule has 0 saturated heterocycles. The molecule has 0 radical (unpaired) electrons. The van der Waals surface area contributed by atoms with Crippen molar-refractivity contribution >= 4 is 29.7 Å². The van der Waals surface area contributed by atoms with Crippen molar-refractivity contribution in [3.8, 4) is 0 Å². The van der Waals surface area contributed by atoms with Gasteiger partial charge in [0.25, 0.3) is 0 Å². The molecule has 3 aromatic rings. The molecule has 1 aliphatic rings. The normalized spacial score (nSPS) is 19.3. The van der Waals surface area contributed by atoms with Gasteiger partial charge >= 0.3 is 0 Å². The lowest BCUT2D eigenvalue weighted by Crippen LogP contribution is -2.65. The third-order valence-corrected chi connectivity index (χ3v) is 10.3. The average Bonchev–Trinajstić information content (AvgIpc) is 3.03. The highest BCUT2D eigenvalue weighted by Gasteiger charge is 2.44. The maximum atomic E-state index is 4.07. The first-order valence-electron chi connectivity index (χ1n) is 8.22. The van der Waals surface area contributed by atoms with E-state index in [-0.39, 0.29) is 0 Å². The van der Waals surface area contributed by atoms with Gasteiger partial charge < -0.3 is 0 Å². The number of hydrogen-bond donors (Lipinski definition) is 0. The van der Waals surface area contributed by atoms with E-state index in [9.17, 15) is 0 Å². The van der Waals surface area contributed by atoms with Gasteiger partial charge in [-0.1, -0.05) is 91.5 Å². The van der Waals surface area contributed by atoms with Crippen LogP contribution in [0.1, 0.15) is 11.1 Å². The predicted molar refractivity (Wildman–Crippen MR) is 103 cm³/mol. The van der Waals surface area contributed by atoms with Crippen LogP contribution in [0.2, 0.25) is 6.04 Å². The summed E-state index contributed by atoms with van der Waals surface area (Å²) in [6, 6.07) is 30.3. The molecular formula is C22H20Si. The molecule has 0 spiro atoms. The molecular weight excluding hydrogens is 292 g/mol. The molecule has 0 amide bonds. The Morgan fingerprint density at radius 1 is 0.739 bits per heavy atom. The number of hydrogen-bond acceptors (Lipinski definition) is 0. The van der Waals surface area contributed by atoms with Crippen LogP contribution >= 0.6 is 0 Å². The van der Waals surface area contributed by atoms with Crippen LogP contribution in [-0.2, 0) is 6.42 Å². The highest BCUT2D eigenvalue weighted by Crippen LogP contribution is 2.25. The van der Waals surface area contributed by atoms with Gasteiger partial charge in [-0.2, -0.15) is 0 Å². The summed E-state index contributed by atoms with van der Waals surface area (Å²) in [5, 5.41) is 4.60. The first-order valence-corrected chi connectivity index (χ1v) is 10.4. The van der Waals surface area contributed by atoms with Gasteiger partial charge in [0, 0.05) is 0 Å².